The second-order valence-electron chi connectivity index (χ2n) is 6.25. The van der Waals surface area contributed by atoms with E-state index in [1.54, 1.807) is 17.4 Å². The number of ether oxygens (including phenoxy) is 1. The molecule has 0 unspecified atom stereocenters. The van der Waals surface area contributed by atoms with Crippen molar-refractivity contribution < 1.29 is 14.1 Å². The summed E-state index contributed by atoms with van der Waals surface area (Å²) in [4.78, 5) is 17.5. The van der Waals surface area contributed by atoms with Crippen LogP contribution >= 0.6 is 11.3 Å². The molecule has 0 N–H and O–H groups in total. The highest BCUT2D eigenvalue weighted by molar-refractivity contribution is 7.18. The summed E-state index contributed by atoms with van der Waals surface area (Å²) < 4.78 is 11.8. The molecule has 6 heteroatoms. The maximum Gasteiger partial charge on any atom is 0.312 e. The van der Waals surface area contributed by atoms with Crippen molar-refractivity contribution in [2.75, 3.05) is 0 Å². The first-order valence-electron chi connectivity index (χ1n) is 8.50. The molecule has 3 aromatic rings. The molecule has 0 amide bonds. The molecule has 0 saturated heterocycles. The molecule has 2 heterocycles. The molecule has 0 atom stereocenters. The van der Waals surface area contributed by atoms with Gasteiger partial charge in [-0.05, 0) is 31.9 Å². The topological polar surface area (TPSA) is 65.2 Å². The molecule has 5 nitrogen and oxygen atoms in total. The van der Waals surface area contributed by atoms with Crippen LogP contribution in [-0.4, -0.2) is 16.1 Å². The SMILES string of the molecule is CCC(CC)(Cc1nc2ccccc2s1)C(=O)OCc1cc(C)no1. The van der Waals surface area contributed by atoms with Crippen LogP contribution in [0.1, 0.15) is 43.2 Å². The predicted octanol–water partition coefficient (Wildman–Crippen LogP) is 4.69. The summed E-state index contributed by atoms with van der Waals surface area (Å²) in [5.41, 5.74) is 1.19. The van der Waals surface area contributed by atoms with Crippen LogP contribution in [0, 0.1) is 12.3 Å². The van der Waals surface area contributed by atoms with Gasteiger partial charge >= 0.3 is 5.97 Å². The summed E-state index contributed by atoms with van der Waals surface area (Å²) in [5.74, 6) is 0.359. The third-order valence-electron chi connectivity index (χ3n) is 4.64. The lowest BCUT2D eigenvalue weighted by atomic mass is 9.79. The molecule has 132 valence electrons. The van der Waals surface area contributed by atoms with Gasteiger partial charge in [-0.2, -0.15) is 0 Å². The number of aromatic nitrogens is 2. The quantitative estimate of drug-likeness (QED) is 0.574. The van der Waals surface area contributed by atoms with Crippen molar-refractivity contribution in [2.24, 2.45) is 5.41 Å². The van der Waals surface area contributed by atoms with Gasteiger partial charge in [-0.15, -0.1) is 11.3 Å². The third kappa shape index (κ3) is 3.74. The highest BCUT2D eigenvalue weighted by Gasteiger charge is 2.38. The summed E-state index contributed by atoms with van der Waals surface area (Å²) in [7, 11) is 0. The molecule has 25 heavy (non-hydrogen) atoms. The molecule has 0 aliphatic rings. The molecule has 2 aromatic heterocycles. The number of aryl methyl sites for hydroxylation is 1. The first kappa shape index (κ1) is 17.6. The van der Waals surface area contributed by atoms with Gasteiger partial charge in [0.25, 0.3) is 0 Å². The maximum atomic E-state index is 12.8. The van der Waals surface area contributed by atoms with Crippen LogP contribution in [0.5, 0.6) is 0 Å². The van der Waals surface area contributed by atoms with E-state index in [1.807, 2.05) is 39.0 Å². The number of esters is 1. The van der Waals surface area contributed by atoms with E-state index >= 15 is 0 Å². The smallest absolute Gasteiger partial charge is 0.312 e. The number of para-hydroxylation sites is 1. The fourth-order valence-electron chi connectivity index (χ4n) is 2.92. The van der Waals surface area contributed by atoms with Crippen LogP contribution < -0.4 is 0 Å². The Labute approximate surface area is 151 Å². The number of carbonyl (C=O) groups excluding carboxylic acids is 1. The molecule has 0 aliphatic carbocycles. The number of thiazole rings is 1. The van der Waals surface area contributed by atoms with Crippen molar-refractivity contribution in [3.63, 3.8) is 0 Å². The molecule has 0 aliphatic heterocycles. The number of nitrogens with zero attached hydrogens (tertiary/aromatic N) is 2. The molecule has 0 saturated carbocycles. The number of benzene rings is 1. The highest BCUT2D eigenvalue weighted by Crippen LogP contribution is 2.35. The fourth-order valence-corrected chi connectivity index (χ4v) is 4.03. The molecule has 3 rings (SSSR count). The van der Waals surface area contributed by atoms with Gasteiger partial charge in [-0.3, -0.25) is 4.79 Å². The van der Waals surface area contributed by atoms with Gasteiger partial charge in [0.2, 0.25) is 0 Å². The fraction of sp³-hybridized carbons (Fsp3) is 0.421. The molecule has 1 aromatic carbocycles. The molecular formula is C19H22N2O3S. The van der Waals surface area contributed by atoms with E-state index < -0.39 is 5.41 Å². The Morgan fingerprint density at radius 3 is 2.68 bits per heavy atom. The van der Waals surface area contributed by atoms with Crippen molar-refractivity contribution >= 4 is 27.5 Å². The van der Waals surface area contributed by atoms with Crippen molar-refractivity contribution in [2.45, 2.75) is 46.6 Å². The Bertz CT molecular complexity index is 831. The van der Waals surface area contributed by atoms with Gasteiger partial charge in [-0.1, -0.05) is 31.1 Å². The number of hydrogen-bond donors (Lipinski definition) is 0. The number of hydrogen-bond acceptors (Lipinski definition) is 6. The van der Waals surface area contributed by atoms with Gasteiger partial charge in [0.1, 0.15) is 0 Å². The first-order valence-corrected chi connectivity index (χ1v) is 9.32. The maximum absolute atomic E-state index is 12.8. The molecule has 0 radical (unpaired) electrons. The van der Waals surface area contributed by atoms with E-state index in [0.29, 0.717) is 25.0 Å². The average molecular weight is 358 g/mol. The summed E-state index contributed by atoms with van der Waals surface area (Å²) in [5, 5.41) is 4.78. The molecule has 0 bridgehead atoms. The minimum atomic E-state index is -0.567. The van der Waals surface area contributed by atoms with Crippen molar-refractivity contribution in [3.8, 4) is 0 Å². The highest BCUT2D eigenvalue weighted by atomic mass is 32.1. The zero-order valence-electron chi connectivity index (χ0n) is 14.7. The minimum absolute atomic E-state index is 0.112. The lowest BCUT2D eigenvalue weighted by molar-refractivity contribution is -0.158. The lowest BCUT2D eigenvalue weighted by Gasteiger charge is -2.28. The minimum Gasteiger partial charge on any atom is -0.457 e. The first-order chi connectivity index (χ1) is 12.1. The molecular weight excluding hydrogens is 336 g/mol. The third-order valence-corrected chi connectivity index (χ3v) is 5.67. The van der Waals surface area contributed by atoms with E-state index in [-0.39, 0.29) is 12.6 Å². The van der Waals surface area contributed by atoms with E-state index in [1.165, 1.54) is 0 Å². The van der Waals surface area contributed by atoms with Crippen LogP contribution in [0.25, 0.3) is 10.2 Å². The van der Waals surface area contributed by atoms with Gasteiger partial charge in [0, 0.05) is 12.5 Å². The van der Waals surface area contributed by atoms with E-state index in [0.717, 1.165) is 20.9 Å². The Morgan fingerprint density at radius 1 is 1.28 bits per heavy atom. The predicted molar refractivity (Wildman–Crippen MR) is 97.4 cm³/mol. The van der Waals surface area contributed by atoms with E-state index in [4.69, 9.17) is 9.26 Å². The van der Waals surface area contributed by atoms with Crippen molar-refractivity contribution in [1.82, 2.24) is 10.1 Å². The van der Waals surface area contributed by atoms with Gasteiger partial charge < -0.3 is 9.26 Å². The Balaban J connectivity index is 1.76. The summed E-state index contributed by atoms with van der Waals surface area (Å²) >= 11 is 1.64. The standard InChI is InChI=1S/C19H22N2O3S/c1-4-19(5-2,18(22)23-12-14-10-13(3)21-24-14)11-17-20-15-8-6-7-9-16(15)25-17/h6-10H,4-5,11-12H2,1-3H3. The molecule has 0 fully saturated rings. The van der Waals surface area contributed by atoms with Crippen LogP contribution in [0.3, 0.4) is 0 Å². The summed E-state index contributed by atoms with van der Waals surface area (Å²) in [6.07, 6.45) is 2.00. The lowest BCUT2D eigenvalue weighted by Crippen LogP contribution is -2.34. The van der Waals surface area contributed by atoms with Crippen molar-refractivity contribution in [1.29, 1.82) is 0 Å². The number of rotatable bonds is 7. The normalized spacial score (nSPS) is 11.8. The van der Waals surface area contributed by atoms with Gasteiger partial charge in [0.15, 0.2) is 12.4 Å². The largest absolute Gasteiger partial charge is 0.457 e. The van der Waals surface area contributed by atoms with Crippen molar-refractivity contribution in [3.05, 3.63) is 46.8 Å². The van der Waals surface area contributed by atoms with Crippen LogP contribution in [0.15, 0.2) is 34.9 Å². The van der Waals surface area contributed by atoms with Gasteiger partial charge in [-0.25, -0.2) is 4.98 Å². The van der Waals surface area contributed by atoms with Crippen LogP contribution in [0.4, 0.5) is 0 Å². The Kier molecular flexibility index (Phi) is 5.18. The van der Waals surface area contributed by atoms with Gasteiger partial charge in [0.05, 0.1) is 26.3 Å². The zero-order valence-corrected chi connectivity index (χ0v) is 15.6. The Hall–Kier alpha value is -2.21. The summed E-state index contributed by atoms with van der Waals surface area (Å²) in [6.45, 7) is 6.00. The van der Waals surface area contributed by atoms with Crippen LogP contribution in [0.2, 0.25) is 0 Å². The zero-order chi connectivity index (χ0) is 17.9. The van der Waals surface area contributed by atoms with E-state index in [9.17, 15) is 4.79 Å². The number of fused-ring (bicyclic) bond motifs is 1. The average Bonchev–Trinajstić information content (AvgIpc) is 3.22. The number of carbonyl (C=O) groups is 1. The second kappa shape index (κ2) is 7.35. The van der Waals surface area contributed by atoms with E-state index in [2.05, 4.69) is 16.2 Å². The Morgan fingerprint density at radius 2 is 2.04 bits per heavy atom. The van der Waals surface area contributed by atoms with Crippen LogP contribution in [-0.2, 0) is 22.6 Å². The summed E-state index contributed by atoms with van der Waals surface area (Å²) in [6, 6.07) is 9.82. The second-order valence-corrected chi connectivity index (χ2v) is 7.37. The molecule has 0 spiro atoms. The monoisotopic (exact) mass is 358 g/mol.